The summed E-state index contributed by atoms with van der Waals surface area (Å²) in [4.78, 5) is 29.4. The zero-order valence-corrected chi connectivity index (χ0v) is 15.1. The smallest absolute Gasteiger partial charge is 0.255 e. The van der Waals surface area contributed by atoms with Crippen molar-refractivity contribution < 1.29 is 14.7 Å². The lowest BCUT2D eigenvalue weighted by Gasteiger charge is -2.33. The lowest BCUT2D eigenvalue weighted by atomic mass is 9.99. The summed E-state index contributed by atoms with van der Waals surface area (Å²) in [5, 5.41) is 9.71. The van der Waals surface area contributed by atoms with Gasteiger partial charge in [-0.25, -0.2) is 0 Å². The number of amides is 2. The van der Waals surface area contributed by atoms with Gasteiger partial charge in [-0.2, -0.15) is 0 Å². The number of rotatable bonds is 2. The van der Waals surface area contributed by atoms with Crippen LogP contribution in [0, 0.1) is 0 Å². The van der Waals surface area contributed by atoms with Crippen molar-refractivity contribution >= 4 is 23.6 Å². The largest absolute Gasteiger partial charge is 0.508 e. The molecule has 0 radical (unpaired) electrons. The molecule has 2 heterocycles. The summed E-state index contributed by atoms with van der Waals surface area (Å²) in [7, 11) is 0. The molecule has 0 saturated carbocycles. The Balaban J connectivity index is 1.51. The fraction of sp³-hybridized carbons (Fsp3) is 0.300. The molecule has 6 heteroatoms. The van der Waals surface area contributed by atoms with Gasteiger partial charge in [0.2, 0.25) is 5.91 Å². The van der Waals surface area contributed by atoms with Gasteiger partial charge in [0.15, 0.2) is 0 Å². The van der Waals surface area contributed by atoms with Crippen LogP contribution in [0.25, 0.3) is 0 Å². The van der Waals surface area contributed by atoms with Crippen LogP contribution in [0.5, 0.6) is 5.75 Å². The zero-order chi connectivity index (χ0) is 18.1. The van der Waals surface area contributed by atoms with E-state index in [0.29, 0.717) is 30.3 Å². The van der Waals surface area contributed by atoms with E-state index in [9.17, 15) is 14.7 Å². The molecule has 2 aliphatic rings. The Morgan fingerprint density at radius 2 is 1.88 bits per heavy atom. The predicted molar refractivity (Wildman–Crippen MR) is 101 cm³/mol. The molecule has 2 aromatic rings. The third-order valence-corrected chi connectivity index (χ3v) is 5.97. The van der Waals surface area contributed by atoms with Gasteiger partial charge in [0.05, 0.1) is 5.88 Å². The van der Waals surface area contributed by atoms with Gasteiger partial charge < -0.3 is 14.9 Å². The summed E-state index contributed by atoms with van der Waals surface area (Å²) in [6, 6.07) is 14.0. The maximum Gasteiger partial charge on any atom is 0.255 e. The van der Waals surface area contributed by atoms with Gasteiger partial charge in [-0.15, -0.1) is 11.8 Å². The summed E-state index contributed by atoms with van der Waals surface area (Å²) in [6.45, 7) is 1.13. The van der Waals surface area contributed by atoms with Crippen LogP contribution >= 0.6 is 11.8 Å². The normalized spacial score (nSPS) is 19.3. The molecule has 5 nitrogen and oxygen atoms in total. The maximum absolute atomic E-state index is 13.1. The van der Waals surface area contributed by atoms with Crippen molar-refractivity contribution in [2.75, 3.05) is 18.2 Å². The molecule has 1 saturated heterocycles. The van der Waals surface area contributed by atoms with Crippen molar-refractivity contribution in [2.24, 2.45) is 0 Å². The number of thioether (sulfide) groups is 1. The second-order valence-electron chi connectivity index (χ2n) is 6.62. The van der Waals surface area contributed by atoms with Crippen LogP contribution < -0.4 is 0 Å². The molecular weight excluding hydrogens is 348 g/mol. The van der Waals surface area contributed by atoms with Crippen LogP contribution in [-0.2, 0) is 17.8 Å². The molecule has 0 aromatic heterocycles. The second-order valence-corrected chi connectivity index (χ2v) is 7.62. The van der Waals surface area contributed by atoms with Crippen molar-refractivity contribution in [3.63, 3.8) is 0 Å². The SMILES string of the molecule is O=C([C@@H]1CSCN1C(=O)c1ccccc1)N1CCc2ccc(O)cc2C1. The summed E-state index contributed by atoms with van der Waals surface area (Å²) in [5.74, 6) is 1.28. The number of nitrogens with zero attached hydrogens (tertiary/aromatic N) is 2. The molecule has 0 unspecified atom stereocenters. The number of carbonyl (C=O) groups is 2. The van der Waals surface area contributed by atoms with Gasteiger partial charge in [-0.1, -0.05) is 24.3 Å². The molecule has 1 N–H and O–H groups in total. The van der Waals surface area contributed by atoms with E-state index in [-0.39, 0.29) is 17.6 Å². The average molecular weight is 368 g/mol. The Morgan fingerprint density at radius 1 is 1.08 bits per heavy atom. The standard InChI is InChI=1S/C20H20N2O3S/c23-17-7-6-14-8-9-21(11-16(14)10-17)20(25)18-12-26-13-22(18)19(24)15-4-2-1-3-5-15/h1-7,10,18,23H,8-9,11-13H2/t18-/m0/s1. The number of phenols is 1. The Morgan fingerprint density at radius 3 is 2.69 bits per heavy atom. The number of fused-ring (bicyclic) bond motifs is 1. The predicted octanol–water partition coefficient (Wildman–Crippen LogP) is 2.49. The lowest BCUT2D eigenvalue weighted by Crippen LogP contribution is -2.50. The maximum atomic E-state index is 13.1. The van der Waals surface area contributed by atoms with E-state index in [4.69, 9.17) is 0 Å². The Labute approximate surface area is 156 Å². The third-order valence-electron chi connectivity index (χ3n) is 4.96. The topological polar surface area (TPSA) is 60.9 Å². The molecule has 1 atom stereocenters. The molecular formula is C20H20N2O3S. The minimum absolute atomic E-state index is 0.00623. The minimum Gasteiger partial charge on any atom is -0.508 e. The van der Waals surface area contributed by atoms with Gasteiger partial charge in [-0.05, 0) is 41.8 Å². The van der Waals surface area contributed by atoms with Gasteiger partial charge in [0, 0.05) is 24.4 Å². The highest BCUT2D eigenvalue weighted by Crippen LogP contribution is 2.28. The second kappa shape index (κ2) is 7.03. The number of hydrogen-bond acceptors (Lipinski definition) is 4. The Hall–Kier alpha value is -2.47. The highest BCUT2D eigenvalue weighted by Gasteiger charge is 2.38. The summed E-state index contributed by atoms with van der Waals surface area (Å²) < 4.78 is 0. The summed E-state index contributed by atoms with van der Waals surface area (Å²) in [6.07, 6.45) is 0.772. The Bertz CT molecular complexity index is 840. The van der Waals surface area contributed by atoms with Crippen LogP contribution in [0.4, 0.5) is 0 Å². The van der Waals surface area contributed by atoms with Crippen molar-refractivity contribution in [1.82, 2.24) is 9.80 Å². The molecule has 2 aliphatic heterocycles. The first kappa shape index (κ1) is 17.0. The van der Waals surface area contributed by atoms with E-state index < -0.39 is 6.04 Å². The van der Waals surface area contributed by atoms with E-state index in [0.717, 1.165) is 12.0 Å². The summed E-state index contributed by atoms with van der Waals surface area (Å²) >= 11 is 1.61. The third kappa shape index (κ3) is 3.17. The number of carbonyl (C=O) groups excluding carboxylic acids is 2. The number of phenolic OH excluding ortho intramolecular Hbond substituents is 1. The molecule has 0 aliphatic carbocycles. The average Bonchev–Trinajstić information content (AvgIpc) is 3.16. The molecule has 1 fully saturated rings. The van der Waals surface area contributed by atoms with E-state index in [1.165, 1.54) is 5.56 Å². The van der Waals surface area contributed by atoms with Crippen LogP contribution in [0.15, 0.2) is 48.5 Å². The first-order valence-corrected chi connectivity index (χ1v) is 9.82. The first-order chi connectivity index (χ1) is 12.6. The first-order valence-electron chi connectivity index (χ1n) is 8.67. The van der Waals surface area contributed by atoms with Crippen molar-refractivity contribution in [3.05, 3.63) is 65.2 Å². The quantitative estimate of drug-likeness (QED) is 0.885. The molecule has 2 amide bonds. The van der Waals surface area contributed by atoms with E-state index in [2.05, 4.69) is 0 Å². The fourth-order valence-electron chi connectivity index (χ4n) is 3.54. The van der Waals surface area contributed by atoms with Crippen LogP contribution in [-0.4, -0.2) is 50.9 Å². The molecule has 134 valence electrons. The molecule has 2 aromatic carbocycles. The molecule has 4 rings (SSSR count). The lowest BCUT2D eigenvalue weighted by molar-refractivity contribution is -0.135. The van der Waals surface area contributed by atoms with Crippen molar-refractivity contribution in [1.29, 1.82) is 0 Å². The van der Waals surface area contributed by atoms with Gasteiger partial charge in [0.25, 0.3) is 5.91 Å². The van der Waals surface area contributed by atoms with Gasteiger partial charge >= 0.3 is 0 Å². The van der Waals surface area contributed by atoms with Crippen molar-refractivity contribution in [3.8, 4) is 5.75 Å². The van der Waals surface area contributed by atoms with Crippen LogP contribution in [0.2, 0.25) is 0 Å². The van der Waals surface area contributed by atoms with Gasteiger partial charge in [-0.3, -0.25) is 9.59 Å². The monoisotopic (exact) mass is 368 g/mol. The highest BCUT2D eigenvalue weighted by molar-refractivity contribution is 7.99. The molecule has 0 bridgehead atoms. The van der Waals surface area contributed by atoms with E-state index in [1.54, 1.807) is 40.9 Å². The minimum atomic E-state index is -0.424. The fourth-order valence-corrected chi connectivity index (χ4v) is 4.68. The Kier molecular flexibility index (Phi) is 4.59. The number of aromatic hydroxyl groups is 1. The summed E-state index contributed by atoms with van der Waals surface area (Å²) in [5.41, 5.74) is 2.77. The van der Waals surface area contributed by atoms with E-state index in [1.807, 2.05) is 29.2 Å². The number of benzene rings is 2. The van der Waals surface area contributed by atoms with Crippen molar-refractivity contribution in [2.45, 2.75) is 19.0 Å². The van der Waals surface area contributed by atoms with Crippen LogP contribution in [0.3, 0.4) is 0 Å². The van der Waals surface area contributed by atoms with E-state index >= 15 is 0 Å². The molecule has 26 heavy (non-hydrogen) atoms. The van der Waals surface area contributed by atoms with Crippen LogP contribution in [0.1, 0.15) is 21.5 Å². The highest BCUT2D eigenvalue weighted by atomic mass is 32.2. The zero-order valence-electron chi connectivity index (χ0n) is 14.3. The number of hydrogen-bond donors (Lipinski definition) is 1. The van der Waals surface area contributed by atoms with Gasteiger partial charge in [0.1, 0.15) is 11.8 Å². The molecule has 0 spiro atoms.